The fourth-order valence-electron chi connectivity index (χ4n) is 9.25. The molecule has 0 aliphatic rings. The van der Waals surface area contributed by atoms with Gasteiger partial charge < -0.3 is 14.6 Å². The lowest BCUT2D eigenvalue weighted by molar-refractivity contribution is -0.161. The van der Waals surface area contributed by atoms with Crippen LogP contribution in [0.1, 0.15) is 316 Å². The summed E-state index contributed by atoms with van der Waals surface area (Å²) in [6.45, 7) is 4.07. The van der Waals surface area contributed by atoms with Gasteiger partial charge in [0, 0.05) is 12.8 Å². The highest BCUT2D eigenvalue weighted by atomic mass is 16.6. The molecular weight excluding hydrogens is 897 g/mol. The van der Waals surface area contributed by atoms with Gasteiger partial charge in [0.25, 0.3) is 0 Å². The van der Waals surface area contributed by atoms with E-state index in [9.17, 15) is 14.7 Å². The largest absolute Gasteiger partial charge is 0.462 e. The topological polar surface area (TPSA) is 72.8 Å². The summed E-state index contributed by atoms with van der Waals surface area (Å²) in [7, 11) is 0. The van der Waals surface area contributed by atoms with Crippen LogP contribution in [0.4, 0.5) is 0 Å². The van der Waals surface area contributed by atoms with E-state index in [-0.39, 0.29) is 25.2 Å². The van der Waals surface area contributed by atoms with Crippen molar-refractivity contribution >= 4 is 11.9 Å². The van der Waals surface area contributed by atoms with Gasteiger partial charge in [-0.1, -0.05) is 317 Å². The van der Waals surface area contributed by atoms with Gasteiger partial charge in [-0.25, -0.2) is 0 Å². The Morgan fingerprint density at radius 2 is 0.589 bits per heavy atom. The summed E-state index contributed by atoms with van der Waals surface area (Å²) >= 11 is 0. The number of aliphatic hydroxyl groups excluding tert-OH is 1. The van der Waals surface area contributed by atoms with Crippen molar-refractivity contribution in [3.8, 4) is 0 Å². The molecule has 5 heteroatoms. The van der Waals surface area contributed by atoms with Crippen LogP contribution in [0.15, 0.2) is 85.1 Å². The lowest BCUT2D eigenvalue weighted by atomic mass is 10.0. The van der Waals surface area contributed by atoms with E-state index >= 15 is 0 Å². The first-order valence-corrected chi connectivity index (χ1v) is 31.6. The molecule has 1 N–H and O–H groups in total. The first-order valence-electron chi connectivity index (χ1n) is 31.6. The van der Waals surface area contributed by atoms with Gasteiger partial charge >= 0.3 is 11.9 Å². The lowest BCUT2D eigenvalue weighted by Crippen LogP contribution is -2.28. The smallest absolute Gasteiger partial charge is 0.306 e. The summed E-state index contributed by atoms with van der Waals surface area (Å²) in [4.78, 5) is 24.6. The number of aliphatic hydroxyl groups is 1. The summed E-state index contributed by atoms with van der Waals surface area (Å²) < 4.78 is 10.7. The third kappa shape index (κ3) is 61.5. The summed E-state index contributed by atoms with van der Waals surface area (Å²) in [5.74, 6) is -0.575. The maximum absolute atomic E-state index is 12.3. The number of hydrogen-bond acceptors (Lipinski definition) is 5. The molecule has 1 unspecified atom stereocenters. The highest BCUT2D eigenvalue weighted by Gasteiger charge is 2.16. The third-order valence-corrected chi connectivity index (χ3v) is 14.0. The molecule has 0 saturated carbocycles. The molecule has 0 amide bonds. The predicted molar refractivity (Wildman–Crippen MR) is 320 cm³/mol. The second-order valence-electron chi connectivity index (χ2n) is 21.1. The monoisotopic (exact) mass is 1020 g/mol. The predicted octanol–water partition coefficient (Wildman–Crippen LogP) is 21.7. The van der Waals surface area contributed by atoms with Crippen LogP contribution in [0.3, 0.4) is 0 Å². The number of carbonyl (C=O) groups excluding carboxylic acids is 2. The summed E-state index contributed by atoms with van der Waals surface area (Å²) in [6.07, 6.45) is 88.7. The Morgan fingerprint density at radius 3 is 0.890 bits per heavy atom. The van der Waals surface area contributed by atoms with Crippen molar-refractivity contribution in [2.45, 2.75) is 322 Å². The van der Waals surface area contributed by atoms with E-state index in [0.717, 1.165) is 83.5 Å². The van der Waals surface area contributed by atoms with Gasteiger partial charge in [0.2, 0.25) is 0 Å². The molecule has 0 aliphatic carbocycles. The van der Waals surface area contributed by atoms with Gasteiger partial charge in [0.05, 0.1) is 6.61 Å². The van der Waals surface area contributed by atoms with Gasteiger partial charge in [0.15, 0.2) is 6.10 Å². The minimum Gasteiger partial charge on any atom is -0.462 e. The Bertz CT molecular complexity index is 1340. The van der Waals surface area contributed by atoms with Crippen molar-refractivity contribution < 1.29 is 24.2 Å². The first kappa shape index (κ1) is 70.1. The zero-order valence-electron chi connectivity index (χ0n) is 48.4. The number of rotatable bonds is 58. The van der Waals surface area contributed by atoms with Gasteiger partial charge in [0.1, 0.15) is 6.61 Å². The number of ether oxygens (including phenoxy) is 2. The van der Waals surface area contributed by atoms with E-state index in [0.29, 0.717) is 12.8 Å². The number of unbranched alkanes of at least 4 members (excludes halogenated alkanes) is 36. The SMILES string of the molecule is CC/C=C\C/C=C\C/C=C\C/C=C\C/C=C\C/C=C\C/C=C\CCCCCCCCCCCCCCCCCCCC(=O)OC(CO)COC(=O)CCCCCCCCCCCCCCCCCCCCCC. The minimum atomic E-state index is -0.772. The molecule has 0 fully saturated rings. The van der Waals surface area contributed by atoms with Crippen LogP contribution < -0.4 is 0 Å². The molecule has 0 aromatic rings. The van der Waals surface area contributed by atoms with Crippen LogP contribution in [-0.2, 0) is 19.1 Å². The first-order chi connectivity index (χ1) is 36.1. The van der Waals surface area contributed by atoms with Gasteiger partial charge in [-0.15, -0.1) is 0 Å². The van der Waals surface area contributed by atoms with E-state index in [1.807, 2.05) is 0 Å². The van der Waals surface area contributed by atoms with Crippen molar-refractivity contribution in [2.75, 3.05) is 13.2 Å². The normalized spacial score (nSPS) is 12.8. The average molecular weight is 1020 g/mol. The van der Waals surface area contributed by atoms with Crippen molar-refractivity contribution in [2.24, 2.45) is 0 Å². The molecule has 0 aromatic heterocycles. The molecule has 73 heavy (non-hydrogen) atoms. The molecule has 0 rings (SSSR count). The van der Waals surface area contributed by atoms with Crippen LogP contribution in [0.5, 0.6) is 0 Å². The zero-order chi connectivity index (χ0) is 52.7. The lowest BCUT2D eigenvalue weighted by Gasteiger charge is -2.15. The maximum Gasteiger partial charge on any atom is 0.306 e. The second kappa shape index (κ2) is 63.4. The number of carbonyl (C=O) groups is 2. The van der Waals surface area contributed by atoms with Crippen LogP contribution in [-0.4, -0.2) is 36.4 Å². The maximum atomic E-state index is 12.3. The Labute approximate surface area is 454 Å². The summed E-state index contributed by atoms with van der Waals surface area (Å²) in [6, 6.07) is 0. The highest BCUT2D eigenvalue weighted by Crippen LogP contribution is 2.17. The minimum absolute atomic E-state index is 0.0624. The molecule has 5 nitrogen and oxygen atoms in total. The van der Waals surface area contributed by atoms with Crippen molar-refractivity contribution in [1.29, 1.82) is 0 Å². The Morgan fingerprint density at radius 1 is 0.329 bits per heavy atom. The fraction of sp³-hybridized carbons (Fsp3) is 0.765. The van der Waals surface area contributed by atoms with Crippen molar-refractivity contribution in [1.82, 2.24) is 0 Å². The van der Waals surface area contributed by atoms with Gasteiger partial charge in [-0.05, 0) is 70.6 Å². The van der Waals surface area contributed by atoms with E-state index in [1.165, 1.54) is 205 Å². The van der Waals surface area contributed by atoms with E-state index < -0.39 is 6.10 Å². The fourth-order valence-corrected chi connectivity index (χ4v) is 9.25. The third-order valence-electron chi connectivity index (χ3n) is 14.0. The standard InChI is InChI=1S/C68H120O5/c1-3-5-7-9-11-13-15-17-19-21-23-25-26-27-28-29-30-31-32-33-34-35-36-37-38-39-40-41-42-43-45-47-49-51-53-55-57-59-61-63-68(71)73-66(64-69)65-72-67(70)62-60-58-56-54-52-50-48-46-44-24-22-20-18-16-14-12-10-8-6-4-2/h5,7,11,13,17,19,23,25,27-28,30-31,33-34,66,69H,3-4,6,8-10,12,14-16,18,20-22,24,26,29,32,35-65H2,1-2H3/b7-5-,13-11-,19-17-,25-23-,28-27-,31-30-,34-33-. The highest BCUT2D eigenvalue weighted by molar-refractivity contribution is 5.70. The Balaban J connectivity index is 3.45. The molecule has 0 heterocycles. The molecule has 0 radical (unpaired) electrons. The number of allylic oxidation sites excluding steroid dienone is 14. The summed E-state index contributed by atoms with van der Waals surface area (Å²) in [5.41, 5.74) is 0. The second-order valence-corrected chi connectivity index (χ2v) is 21.1. The number of hydrogen-bond donors (Lipinski definition) is 1. The average Bonchev–Trinajstić information content (AvgIpc) is 3.39. The molecule has 0 aromatic carbocycles. The van der Waals surface area contributed by atoms with Crippen LogP contribution >= 0.6 is 0 Å². The van der Waals surface area contributed by atoms with Crippen LogP contribution in [0, 0.1) is 0 Å². The molecule has 0 bridgehead atoms. The molecule has 1 atom stereocenters. The van der Waals surface area contributed by atoms with Crippen LogP contribution in [0.25, 0.3) is 0 Å². The quantitative estimate of drug-likeness (QED) is 0.0373. The number of esters is 2. The molecular formula is C68H120O5. The van der Waals surface area contributed by atoms with Crippen molar-refractivity contribution in [3.05, 3.63) is 85.1 Å². The zero-order valence-corrected chi connectivity index (χ0v) is 48.4. The van der Waals surface area contributed by atoms with Gasteiger partial charge in [-0.3, -0.25) is 9.59 Å². The van der Waals surface area contributed by atoms with E-state index in [2.05, 4.69) is 98.9 Å². The Kier molecular flexibility index (Phi) is 60.8. The van der Waals surface area contributed by atoms with E-state index in [1.54, 1.807) is 0 Å². The van der Waals surface area contributed by atoms with Gasteiger partial charge in [-0.2, -0.15) is 0 Å². The Hall–Kier alpha value is -2.92. The molecule has 422 valence electrons. The van der Waals surface area contributed by atoms with Crippen LogP contribution in [0.2, 0.25) is 0 Å². The molecule has 0 spiro atoms. The summed E-state index contributed by atoms with van der Waals surface area (Å²) in [5, 5.41) is 9.67. The van der Waals surface area contributed by atoms with Crippen molar-refractivity contribution in [3.63, 3.8) is 0 Å². The van der Waals surface area contributed by atoms with E-state index in [4.69, 9.17) is 9.47 Å². The molecule has 0 saturated heterocycles. The molecule has 0 aliphatic heterocycles.